The second kappa shape index (κ2) is 8.06. The van der Waals surface area contributed by atoms with E-state index in [1.807, 2.05) is 51.1 Å². The zero-order chi connectivity index (χ0) is 23.3. The van der Waals surface area contributed by atoms with E-state index in [0.717, 1.165) is 12.0 Å². The number of carbonyl (C=O) groups excluding carboxylic acids is 3. The van der Waals surface area contributed by atoms with E-state index in [9.17, 15) is 19.5 Å². The minimum Gasteiger partial charge on any atom is -0.395 e. The highest BCUT2D eigenvalue weighted by Gasteiger charge is 2.77. The van der Waals surface area contributed by atoms with Crippen LogP contribution in [0.5, 0.6) is 0 Å². The van der Waals surface area contributed by atoms with Crippen LogP contribution in [0, 0.1) is 11.8 Å². The number of fused-ring (bicyclic) bond motifs is 1. The molecule has 2 bridgehead atoms. The van der Waals surface area contributed by atoms with E-state index in [1.54, 1.807) is 11.8 Å². The van der Waals surface area contributed by atoms with Gasteiger partial charge in [0, 0.05) is 23.4 Å². The van der Waals surface area contributed by atoms with E-state index in [2.05, 4.69) is 17.6 Å². The largest absolute Gasteiger partial charge is 0.395 e. The highest BCUT2D eigenvalue weighted by atomic mass is 32.2. The monoisotopic (exact) mass is 459 g/mol. The van der Waals surface area contributed by atoms with Gasteiger partial charge in [0.05, 0.1) is 23.2 Å². The molecule has 1 aromatic rings. The number of hydrogen-bond acceptors (Lipinski definition) is 5. The summed E-state index contributed by atoms with van der Waals surface area (Å²) in [4.78, 5) is 42.0. The Hall–Kier alpha value is -2.06. The van der Waals surface area contributed by atoms with Crippen LogP contribution in [0.1, 0.15) is 46.1 Å². The third kappa shape index (κ3) is 3.71. The molecule has 5 atom stereocenters. The number of carbonyl (C=O) groups is 3. The summed E-state index contributed by atoms with van der Waals surface area (Å²) in [6.07, 6.45) is 1.48. The molecule has 3 aliphatic heterocycles. The molecular formula is C24H33N3O4S. The normalized spacial score (nSPS) is 33.3. The van der Waals surface area contributed by atoms with Crippen molar-refractivity contribution in [2.24, 2.45) is 11.8 Å². The zero-order valence-electron chi connectivity index (χ0n) is 19.2. The maximum atomic E-state index is 13.6. The van der Waals surface area contributed by atoms with Gasteiger partial charge in [-0.25, -0.2) is 0 Å². The van der Waals surface area contributed by atoms with E-state index < -0.39 is 32.9 Å². The van der Waals surface area contributed by atoms with Gasteiger partial charge in [-0.2, -0.15) is 0 Å². The number of thioether (sulfide) groups is 1. The van der Waals surface area contributed by atoms with Crippen molar-refractivity contribution < 1.29 is 19.5 Å². The summed E-state index contributed by atoms with van der Waals surface area (Å²) in [6, 6.07) is 9.00. The molecule has 3 heterocycles. The Morgan fingerprint density at radius 1 is 1.19 bits per heavy atom. The number of hydrogen-bond donors (Lipinski definition) is 3. The van der Waals surface area contributed by atoms with Crippen molar-refractivity contribution in [2.45, 2.75) is 68.2 Å². The summed E-state index contributed by atoms with van der Waals surface area (Å²) in [5.41, 5.74) is 0.552. The lowest BCUT2D eigenvalue weighted by molar-refractivity contribution is -0.141. The van der Waals surface area contributed by atoms with Gasteiger partial charge < -0.3 is 20.6 Å². The van der Waals surface area contributed by atoms with Crippen LogP contribution < -0.4 is 10.6 Å². The zero-order valence-corrected chi connectivity index (χ0v) is 20.0. The van der Waals surface area contributed by atoms with Gasteiger partial charge in [-0.15, -0.1) is 11.8 Å². The van der Waals surface area contributed by atoms with Crippen molar-refractivity contribution in [3.8, 4) is 0 Å². The molecule has 1 spiro atoms. The first-order chi connectivity index (χ1) is 15.0. The first kappa shape index (κ1) is 23.1. The maximum Gasteiger partial charge on any atom is 0.244 e. The van der Waals surface area contributed by atoms with E-state index in [4.69, 9.17) is 0 Å². The molecule has 3 aliphatic rings. The molecule has 0 saturated carbocycles. The summed E-state index contributed by atoms with van der Waals surface area (Å²) in [6.45, 7) is 8.06. The molecule has 0 aliphatic carbocycles. The van der Waals surface area contributed by atoms with Crippen LogP contribution in [0.15, 0.2) is 30.3 Å². The number of β-amino-alcohol motifs (C(OH)–C–C–N with tert-alkyl or cyclic N) is 1. The van der Waals surface area contributed by atoms with Crippen LogP contribution >= 0.6 is 11.8 Å². The summed E-state index contributed by atoms with van der Waals surface area (Å²) in [5, 5.41) is 15.7. The molecule has 174 valence electrons. The molecule has 3 fully saturated rings. The highest BCUT2D eigenvalue weighted by Crippen LogP contribution is 2.71. The van der Waals surface area contributed by atoms with Crippen molar-refractivity contribution in [3.05, 3.63) is 35.9 Å². The Bertz CT molecular complexity index is 918. The van der Waals surface area contributed by atoms with Gasteiger partial charge >= 0.3 is 0 Å². The fourth-order valence-electron chi connectivity index (χ4n) is 5.81. The highest BCUT2D eigenvalue weighted by molar-refractivity contribution is 8.02. The Morgan fingerprint density at radius 3 is 2.50 bits per heavy atom. The van der Waals surface area contributed by atoms with Crippen molar-refractivity contribution in [1.82, 2.24) is 15.5 Å². The summed E-state index contributed by atoms with van der Waals surface area (Å²) < 4.78 is -1.04. The lowest BCUT2D eigenvalue weighted by Crippen LogP contribution is -2.57. The number of aliphatic hydroxyl groups excluding tert-OH is 1. The SMILES string of the molecule is CC(C)(C)NC(=O)C1N(CCO)C(=O)[C@@H]2[C@@H](C(=O)NCc3ccccc3)[C@@]3(C)CCC12S3. The van der Waals surface area contributed by atoms with Gasteiger partial charge in [0.2, 0.25) is 17.7 Å². The minimum atomic E-state index is -0.690. The van der Waals surface area contributed by atoms with E-state index in [1.165, 1.54) is 4.90 Å². The second-order valence-electron chi connectivity index (χ2n) is 10.4. The predicted octanol–water partition coefficient (Wildman–Crippen LogP) is 1.69. The van der Waals surface area contributed by atoms with E-state index in [0.29, 0.717) is 13.0 Å². The van der Waals surface area contributed by atoms with Crippen LogP contribution in [0.4, 0.5) is 0 Å². The third-order valence-electron chi connectivity index (χ3n) is 6.96. The van der Waals surface area contributed by atoms with Gasteiger partial charge in [0.15, 0.2) is 0 Å². The number of nitrogens with one attached hydrogen (secondary N) is 2. The van der Waals surface area contributed by atoms with E-state index >= 15 is 0 Å². The van der Waals surface area contributed by atoms with Crippen molar-refractivity contribution in [3.63, 3.8) is 0 Å². The number of benzene rings is 1. The Morgan fingerprint density at radius 2 is 1.88 bits per heavy atom. The Kier molecular flexibility index (Phi) is 5.82. The minimum absolute atomic E-state index is 0.0922. The fourth-order valence-corrected chi connectivity index (χ4v) is 8.16. The van der Waals surface area contributed by atoms with Crippen LogP contribution in [0.3, 0.4) is 0 Å². The average molecular weight is 460 g/mol. The standard InChI is InChI=1S/C24H33N3O4S/c1-22(2,3)26-20(30)18-24-11-10-23(4,32-24)16(17(24)21(31)27(18)12-13-28)19(29)25-14-15-8-6-5-7-9-15/h5-9,16-18,28H,10-14H2,1-4H3,(H,25,29)(H,26,30)/t16-,17-,18?,23+,24?/m0/s1. The smallest absolute Gasteiger partial charge is 0.244 e. The Balaban J connectivity index is 1.64. The van der Waals surface area contributed by atoms with Gasteiger partial charge in [0.25, 0.3) is 0 Å². The lowest BCUT2D eigenvalue weighted by Gasteiger charge is -2.36. The van der Waals surface area contributed by atoms with Gasteiger partial charge in [0.1, 0.15) is 6.04 Å². The molecule has 1 aromatic carbocycles. The molecule has 3 amide bonds. The van der Waals surface area contributed by atoms with Crippen LogP contribution in [-0.4, -0.2) is 62.0 Å². The van der Waals surface area contributed by atoms with Crippen LogP contribution in [-0.2, 0) is 20.9 Å². The lowest BCUT2D eigenvalue weighted by atomic mass is 9.66. The maximum absolute atomic E-state index is 13.6. The number of aliphatic hydroxyl groups is 1. The van der Waals surface area contributed by atoms with E-state index in [-0.39, 0.29) is 30.9 Å². The van der Waals surface area contributed by atoms with Crippen LogP contribution in [0.2, 0.25) is 0 Å². The quantitative estimate of drug-likeness (QED) is 0.601. The molecule has 3 saturated heterocycles. The number of likely N-dealkylation sites (tertiary alicyclic amines) is 1. The average Bonchev–Trinajstić information content (AvgIpc) is 3.27. The molecular weight excluding hydrogens is 426 g/mol. The Labute approximate surface area is 193 Å². The first-order valence-electron chi connectivity index (χ1n) is 11.3. The third-order valence-corrected chi connectivity index (χ3v) is 8.94. The molecule has 0 radical (unpaired) electrons. The number of rotatable bonds is 6. The molecule has 2 unspecified atom stereocenters. The summed E-state index contributed by atoms with van der Waals surface area (Å²) in [7, 11) is 0. The van der Waals surface area contributed by atoms with Gasteiger partial charge in [-0.1, -0.05) is 30.3 Å². The summed E-state index contributed by atoms with van der Waals surface area (Å²) in [5.74, 6) is -1.60. The van der Waals surface area contributed by atoms with Crippen molar-refractivity contribution in [2.75, 3.05) is 13.2 Å². The predicted molar refractivity (Wildman–Crippen MR) is 124 cm³/mol. The first-order valence-corrected chi connectivity index (χ1v) is 12.1. The van der Waals surface area contributed by atoms with Crippen LogP contribution in [0.25, 0.3) is 0 Å². The summed E-state index contributed by atoms with van der Waals surface area (Å²) >= 11 is 1.64. The van der Waals surface area contributed by atoms with Gasteiger partial charge in [-0.05, 0) is 46.1 Å². The number of amides is 3. The topological polar surface area (TPSA) is 98.7 Å². The molecule has 8 heteroatoms. The molecule has 3 N–H and O–H groups in total. The van der Waals surface area contributed by atoms with Gasteiger partial charge in [-0.3, -0.25) is 14.4 Å². The molecule has 32 heavy (non-hydrogen) atoms. The van der Waals surface area contributed by atoms with Crippen molar-refractivity contribution in [1.29, 1.82) is 0 Å². The molecule has 4 rings (SSSR count). The fraction of sp³-hybridized carbons (Fsp3) is 0.625. The van der Waals surface area contributed by atoms with Crippen molar-refractivity contribution >= 4 is 29.5 Å². The molecule has 0 aromatic heterocycles. The molecule has 7 nitrogen and oxygen atoms in total. The number of nitrogens with zero attached hydrogens (tertiary/aromatic N) is 1. The second-order valence-corrected chi connectivity index (χ2v) is 12.3.